The van der Waals surface area contributed by atoms with Crippen LogP contribution in [0.5, 0.6) is 0 Å². The third-order valence-electron chi connectivity index (χ3n) is 4.59. The molecule has 1 aromatic carbocycles. The van der Waals surface area contributed by atoms with Gasteiger partial charge in [0.2, 0.25) is 11.8 Å². The topological polar surface area (TPSA) is 88.1 Å². The number of carbonyl (C=O) groups excluding carboxylic acids is 2. The monoisotopic (exact) mass is 355 g/mol. The van der Waals surface area contributed by atoms with Crippen molar-refractivity contribution in [2.75, 3.05) is 12.4 Å². The lowest BCUT2D eigenvalue weighted by molar-refractivity contribution is -0.123. The van der Waals surface area contributed by atoms with Gasteiger partial charge in [0, 0.05) is 30.4 Å². The Morgan fingerprint density at radius 3 is 2.42 bits per heavy atom. The van der Waals surface area contributed by atoms with Crippen molar-refractivity contribution in [3.63, 3.8) is 0 Å². The highest BCUT2D eigenvalue weighted by Crippen LogP contribution is 2.30. The number of aromatic nitrogens is 2. The summed E-state index contributed by atoms with van der Waals surface area (Å²) in [5.41, 5.74) is 2.58. The van der Waals surface area contributed by atoms with Crippen molar-refractivity contribution >= 4 is 17.5 Å². The van der Waals surface area contributed by atoms with Crippen molar-refractivity contribution < 1.29 is 9.59 Å². The summed E-state index contributed by atoms with van der Waals surface area (Å²) in [6, 6.07) is 6.98. The van der Waals surface area contributed by atoms with Gasteiger partial charge in [-0.25, -0.2) is 0 Å². The highest BCUT2D eigenvalue weighted by molar-refractivity contribution is 5.94. The molecular weight excluding hydrogens is 330 g/mol. The van der Waals surface area contributed by atoms with Crippen LogP contribution >= 0.6 is 0 Å². The smallest absolute Gasteiger partial charge is 0.242 e. The van der Waals surface area contributed by atoms with Gasteiger partial charge in [0.15, 0.2) is 0 Å². The molecule has 138 valence electrons. The van der Waals surface area contributed by atoms with Crippen LogP contribution in [-0.4, -0.2) is 28.6 Å². The van der Waals surface area contributed by atoms with Gasteiger partial charge in [0.25, 0.3) is 0 Å². The Hall–Kier alpha value is -2.67. The second-order valence-corrected chi connectivity index (χ2v) is 6.78. The van der Waals surface area contributed by atoms with E-state index in [9.17, 15) is 9.59 Å². The molecule has 2 unspecified atom stereocenters. The third-order valence-corrected chi connectivity index (χ3v) is 4.59. The van der Waals surface area contributed by atoms with Crippen LogP contribution in [0.4, 0.5) is 5.69 Å². The van der Waals surface area contributed by atoms with Gasteiger partial charge in [-0.15, -0.1) is 0 Å². The summed E-state index contributed by atoms with van der Waals surface area (Å²) in [6.45, 7) is 1.94. The van der Waals surface area contributed by atoms with E-state index in [2.05, 4.69) is 21.0 Å². The van der Waals surface area contributed by atoms with Crippen LogP contribution in [0.25, 0.3) is 0 Å². The highest BCUT2D eigenvalue weighted by Gasteiger charge is 2.29. The number of rotatable bonds is 7. The molecule has 2 amide bonds. The maximum atomic E-state index is 12.6. The molecule has 1 saturated carbocycles. The molecular formula is C19H25N5O2. The van der Waals surface area contributed by atoms with E-state index in [1.807, 2.05) is 44.4 Å². The van der Waals surface area contributed by atoms with Crippen LogP contribution in [0.15, 0.2) is 36.7 Å². The van der Waals surface area contributed by atoms with Gasteiger partial charge in [-0.3, -0.25) is 14.3 Å². The van der Waals surface area contributed by atoms with Gasteiger partial charge in [-0.05, 0) is 44.5 Å². The van der Waals surface area contributed by atoms with E-state index in [4.69, 9.17) is 0 Å². The van der Waals surface area contributed by atoms with E-state index in [0.29, 0.717) is 0 Å². The first-order chi connectivity index (χ1) is 12.5. The molecule has 7 nitrogen and oxygen atoms in total. The zero-order chi connectivity index (χ0) is 18.7. The SMILES string of the molecule is CNC(C(=O)NC(C)c1ccc(NC(=O)C2CC2)cc1)c1cnn(C)c1. The Kier molecular flexibility index (Phi) is 5.37. The minimum atomic E-state index is -0.455. The molecule has 0 aliphatic heterocycles. The lowest BCUT2D eigenvalue weighted by Gasteiger charge is -2.19. The third kappa shape index (κ3) is 4.29. The van der Waals surface area contributed by atoms with Crippen molar-refractivity contribution in [3.8, 4) is 0 Å². The van der Waals surface area contributed by atoms with Crippen LogP contribution in [0.3, 0.4) is 0 Å². The van der Waals surface area contributed by atoms with Crippen molar-refractivity contribution in [1.29, 1.82) is 0 Å². The normalized spacial score (nSPS) is 16.0. The molecule has 1 aliphatic carbocycles. The maximum Gasteiger partial charge on any atom is 0.242 e. The Bertz CT molecular complexity index is 779. The van der Waals surface area contributed by atoms with Crippen molar-refractivity contribution in [2.24, 2.45) is 13.0 Å². The fourth-order valence-corrected chi connectivity index (χ4v) is 2.86. The highest BCUT2D eigenvalue weighted by atomic mass is 16.2. The summed E-state index contributed by atoms with van der Waals surface area (Å²) < 4.78 is 1.67. The summed E-state index contributed by atoms with van der Waals surface area (Å²) in [5, 5.41) is 13.1. The number of carbonyl (C=O) groups is 2. The number of anilines is 1. The summed E-state index contributed by atoms with van der Waals surface area (Å²) in [5.74, 6) is 0.158. The molecule has 7 heteroatoms. The standard InChI is InChI=1S/C19H25N5O2/c1-12(22-19(26)17(20-2)15-10-21-24(3)11-15)13-6-8-16(9-7-13)23-18(25)14-4-5-14/h6-12,14,17,20H,4-5H2,1-3H3,(H,22,26)(H,23,25). The Morgan fingerprint density at radius 2 is 1.88 bits per heavy atom. The lowest BCUT2D eigenvalue weighted by atomic mass is 10.1. The first-order valence-electron chi connectivity index (χ1n) is 8.85. The summed E-state index contributed by atoms with van der Waals surface area (Å²) in [4.78, 5) is 24.4. The Balaban J connectivity index is 1.60. The molecule has 0 radical (unpaired) electrons. The quantitative estimate of drug-likeness (QED) is 0.708. The number of amides is 2. The van der Waals surface area contributed by atoms with Crippen molar-refractivity contribution in [2.45, 2.75) is 31.8 Å². The van der Waals surface area contributed by atoms with Gasteiger partial charge in [0.05, 0.1) is 12.2 Å². The predicted octanol–water partition coefficient (Wildman–Crippen LogP) is 1.91. The van der Waals surface area contributed by atoms with Crippen LogP contribution < -0.4 is 16.0 Å². The molecule has 1 fully saturated rings. The first kappa shape index (κ1) is 18.1. The van der Waals surface area contributed by atoms with Gasteiger partial charge >= 0.3 is 0 Å². The summed E-state index contributed by atoms with van der Waals surface area (Å²) in [6.07, 6.45) is 5.47. The van der Waals surface area contributed by atoms with Gasteiger partial charge < -0.3 is 16.0 Å². The van der Waals surface area contributed by atoms with Gasteiger partial charge in [-0.1, -0.05) is 12.1 Å². The van der Waals surface area contributed by atoms with E-state index >= 15 is 0 Å². The molecule has 0 bridgehead atoms. The molecule has 0 spiro atoms. The second kappa shape index (κ2) is 7.70. The molecule has 2 atom stereocenters. The minimum Gasteiger partial charge on any atom is -0.348 e. The molecule has 26 heavy (non-hydrogen) atoms. The number of nitrogens with one attached hydrogen (secondary N) is 3. The fourth-order valence-electron chi connectivity index (χ4n) is 2.86. The van der Waals surface area contributed by atoms with Crippen LogP contribution in [0, 0.1) is 5.92 Å². The van der Waals surface area contributed by atoms with Gasteiger partial charge in [0.1, 0.15) is 6.04 Å². The molecule has 1 aromatic heterocycles. The van der Waals surface area contributed by atoms with Crippen molar-refractivity contribution in [3.05, 3.63) is 47.8 Å². The van der Waals surface area contributed by atoms with Crippen LogP contribution in [0.1, 0.15) is 43.0 Å². The van der Waals surface area contributed by atoms with E-state index in [1.54, 1.807) is 17.9 Å². The van der Waals surface area contributed by atoms with Crippen LogP contribution in [0.2, 0.25) is 0 Å². The van der Waals surface area contributed by atoms with E-state index < -0.39 is 6.04 Å². The Morgan fingerprint density at radius 1 is 1.19 bits per heavy atom. The van der Waals surface area contributed by atoms with Crippen molar-refractivity contribution in [1.82, 2.24) is 20.4 Å². The van der Waals surface area contributed by atoms with Gasteiger partial charge in [-0.2, -0.15) is 5.10 Å². The molecule has 2 aromatic rings. The number of nitrogens with zero attached hydrogens (tertiary/aromatic N) is 2. The number of likely N-dealkylation sites (N-methyl/N-ethyl adjacent to an activating group) is 1. The first-order valence-corrected chi connectivity index (χ1v) is 8.85. The lowest BCUT2D eigenvalue weighted by Crippen LogP contribution is -2.37. The largest absolute Gasteiger partial charge is 0.348 e. The predicted molar refractivity (Wildman–Crippen MR) is 99.4 cm³/mol. The van der Waals surface area contributed by atoms with E-state index in [-0.39, 0.29) is 23.8 Å². The maximum absolute atomic E-state index is 12.6. The second-order valence-electron chi connectivity index (χ2n) is 6.78. The average Bonchev–Trinajstić information content (AvgIpc) is 3.39. The fraction of sp³-hybridized carbons (Fsp3) is 0.421. The molecule has 3 rings (SSSR count). The zero-order valence-electron chi connectivity index (χ0n) is 15.3. The summed E-state index contributed by atoms with van der Waals surface area (Å²) in [7, 11) is 3.57. The van der Waals surface area contributed by atoms with E-state index in [1.165, 1.54) is 0 Å². The number of hydrogen-bond acceptors (Lipinski definition) is 4. The molecule has 0 saturated heterocycles. The minimum absolute atomic E-state index is 0.0902. The summed E-state index contributed by atoms with van der Waals surface area (Å²) >= 11 is 0. The number of aryl methyl sites for hydroxylation is 1. The molecule has 1 heterocycles. The number of hydrogen-bond donors (Lipinski definition) is 3. The average molecular weight is 355 g/mol. The van der Waals surface area contributed by atoms with E-state index in [0.717, 1.165) is 29.7 Å². The zero-order valence-corrected chi connectivity index (χ0v) is 15.3. The number of benzene rings is 1. The molecule has 3 N–H and O–H groups in total. The van der Waals surface area contributed by atoms with Crippen LogP contribution in [-0.2, 0) is 16.6 Å². The Labute approximate surface area is 153 Å². The molecule has 1 aliphatic rings.